The number of carbonyl (C=O) groups is 2. The highest BCUT2D eigenvalue weighted by Gasteiger charge is 2.33. The minimum absolute atomic E-state index is 0.00611. The van der Waals surface area contributed by atoms with E-state index in [9.17, 15) is 32.3 Å². The van der Waals surface area contributed by atoms with Crippen LogP contribution in [0, 0.1) is 5.82 Å². The number of rotatable bonds is 5. The Balaban J connectivity index is 1.65. The lowest BCUT2D eigenvalue weighted by atomic mass is 9.97. The third kappa shape index (κ3) is 4.51. The summed E-state index contributed by atoms with van der Waals surface area (Å²) in [7, 11) is 0. The van der Waals surface area contributed by atoms with Crippen molar-refractivity contribution in [1.82, 2.24) is 5.16 Å². The zero-order valence-corrected chi connectivity index (χ0v) is 17.1. The van der Waals surface area contributed by atoms with Gasteiger partial charge in [0, 0.05) is 6.07 Å². The zero-order valence-electron chi connectivity index (χ0n) is 17.1. The van der Waals surface area contributed by atoms with Crippen LogP contribution in [0.15, 0.2) is 77.3 Å². The third-order valence-corrected chi connectivity index (χ3v) is 4.92. The van der Waals surface area contributed by atoms with E-state index < -0.39 is 35.0 Å². The van der Waals surface area contributed by atoms with Crippen LogP contribution >= 0.6 is 0 Å². The Labute approximate surface area is 189 Å². The lowest BCUT2D eigenvalue weighted by Crippen LogP contribution is -2.15. The summed E-state index contributed by atoms with van der Waals surface area (Å²) in [6, 6.07) is 15.1. The maximum Gasteiger partial charge on any atom is 0.417 e. The first kappa shape index (κ1) is 22.7. The lowest BCUT2D eigenvalue weighted by molar-refractivity contribution is -0.137. The first-order valence-electron chi connectivity index (χ1n) is 9.72. The van der Waals surface area contributed by atoms with Gasteiger partial charge in [0.25, 0.3) is 5.91 Å². The van der Waals surface area contributed by atoms with Crippen molar-refractivity contribution in [2.24, 2.45) is 0 Å². The average molecular weight is 470 g/mol. The Morgan fingerprint density at radius 1 is 0.912 bits per heavy atom. The lowest BCUT2D eigenvalue weighted by Gasteiger charge is -2.14. The van der Waals surface area contributed by atoms with Crippen LogP contribution < -0.4 is 5.32 Å². The number of alkyl halides is 3. The molecule has 3 aromatic carbocycles. The zero-order chi connectivity index (χ0) is 24.5. The van der Waals surface area contributed by atoms with Gasteiger partial charge in [-0.25, -0.2) is 9.18 Å². The molecule has 0 radical (unpaired) electrons. The van der Waals surface area contributed by atoms with Crippen molar-refractivity contribution in [3.63, 3.8) is 0 Å². The molecule has 0 atom stereocenters. The molecule has 4 rings (SSSR count). The molecular formula is C24H14F4N2O4. The number of carbonyl (C=O) groups excluding carboxylic acids is 1. The molecule has 172 valence electrons. The summed E-state index contributed by atoms with van der Waals surface area (Å²) in [4.78, 5) is 24.4. The summed E-state index contributed by atoms with van der Waals surface area (Å²) in [5.74, 6) is -2.92. The number of nitrogens with zero attached hydrogens (tertiary/aromatic N) is 1. The number of amides is 1. The number of carboxylic acid groups (broad SMARTS) is 1. The van der Waals surface area contributed by atoms with E-state index in [2.05, 4.69) is 10.5 Å². The number of hydrogen-bond donors (Lipinski definition) is 2. The molecule has 1 aromatic heterocycles. The van der Waals surface area contributed by atoms with Gasteiger partial charge in [-0.05, 0) is 41.5 Å². The van der Waals surface area contributed by atoms with Crippen LogP contribution in [0.4, 0.5) is 23.2 Å². The highest BCUT2D eigenvalue weighted by Crippen LogP contribution is 2.38. The number of carboxylic acids is 1. The molecule has 0 fully saturated rings. The van der Waals surface area contributed by atoms with Crippen LogP contribution in [0.5, 0.6) is 0 Å². The number of nitrogens with one attached hydrogen (secondary N) is 1. The van der Waals surface area contributed by atoms with Gasteiger partial charge in [0.05, 0.1) is 22.4 Å². The molecule has 2 N–H and O–H groups in total. The molecular weight excluding hydrogens is 456 g/mol. The Kier molecular flexibility index (Phi) is 5.89. The van der Waals surface area contributed by atoms with Crippen molar-refractivity contribution >= 4 is 17.6 Å². The third-order valence-electron chi connectivity index (χ3n) is 4.92. The molecule has 0 saturated heterocycles. The number of anilines is 1. The molecule has 0 saturated carbocycles. The smallest absolute Gasteiger partial charge is 0.417 e. The molecule has 0 aliphatic heterocycles. The second-order valence-electron chi connectivity index (χ2n) is 7.12. The molecule has 4 aromatic rings. The molecule has 0 aliphatic rings. The summed E-state index contributed by atoms with van der Waals surface area (Å²) in [5.41, 5.74) is -1.89. The monoisotopic (exact) mass is 470 g/mol. The van der Waals surface area contributed by atoms with Gasteiger partial charge in [0.15, 0.2) is 11.5 Å². The predicted octanol–water partition coefficient (Wildman–Crippen LogP) is 6.12. The fraction of sp³-hybridized carbons (Fsp3) is 0.0417. The fourth-order valence-corrected chi connectivity index (χ4v) is 3.34. The SMILES string of the molecule is O=C(Nc1ccc(-c2ccccc2C(F)(F)F)cc1C(=O)O)c1cc(-c2ccccc2F)on1. The summed E-state index contributed by atoms with van der Waals surface area (Å²) >= 11 is 0. The van der Waals surface area contributed by atoms with Crippen LogP contribution in [-0.2, 0) is 6.18 Å². The van der Waals surface area contributed by atoms with Crippen LogP contribution in [-0.4, -0.2) is 22.1 Å². The number of benzene rings is 3. The Morgan fingerprint density at radius 2 is 1.59 bits per heavy atom. The van der Waals surface area contributed by atoms with Gasteiger partial charge in [0.1, 0.15) is 5.82 Å². The van der Waals surface area contributed by atoms with Gasteiger partial charge >= 0.3 is 12.1 Å². The van der Waals surface area contributed by atoms with E-state index in [0.717, 1.165) is 12.1 Å². The van der Waals surface area contributed by atoms with Gasteiger partial charge < -0.3 is 14.9 Å². The van der Waals surface area contributed by atoms with E-state index in [1.165, 1.54) is 54.6 Å². The fourth-order valence-electron chi connectivity index (χ4n) is 3.34. The Morgan fingerprint density at radius 3 is 2.26 bits per heavy atom. The molecule has 0 unspecified atom stereocenters. The van der Waals surface area contributed by atoms with E-state index in [-0.39, 0.29) is 33.8 Å². The van der Waals surface area contributed by atoms with Crippen molar-refractivity contribution in [2.45, 2.75) is 6.18 Å². The van der Waals surface area contributed by atoms with Gasteiger partial charge in [-0.1, -0.05) is 41.6 Å². The van der Waals surface area contributed by atoms with Crippen LogP contribution in [0.2, 0.25) is 0 Å². The van der Waals surface area contributed by atoms with E-state index in [0.29, 0.717) is 0 Å². The van der Waals surface area contributed by atoms with Gasteiger partial charge in [-0.2, -0.15) is 13.2 Å². The summed E-state index contributed by atoms with van der Waals surface area (Å²) < 4.78 is 59.1. The maximum atomic E-state index is 13.9. The number of aromatic carboxylic acids is 1. The number of halogens is 4. The highest BCUT2D eigenvalue weighted by molar-refractivity contribution is 6.07. The minimum Gasteiger partial charge on any atom is -0.478 e. The Hall–Kier alpha value is -4.47. The first-order chi connectivity index (χ1) is 16.1. The van der Waals surface area contributed by atoms with Gasteiger partial charge in [-0.15, -0.1) is 0 Å². The molecule has 0 aliphatic carbocycles. The van der Waals surface area contributed by atoms with Crippen LogP contribution in [0.1, 0.15) is 26.4 Å². The quantitative estimate of drug-likeness (QED) is 0.343. The predicted molar refractivity (Wildman–Crippen MR) is 114 cm³/mol. The topological polar surface area (TPSA) is 92.4 Å². The maximum absolute atomic E-state index is 13.9. The molecule has 10 heteroatoms. The van der Waals surface area contributed by atoms with Crippen molar-refractivity contribution in [3.8, 4) is 22.5 Å². The molecule has 34 heavy (non-hydrogen) atoms. The van der Waals surface area contributed by atoms with E-state index in [1.54, 1.807) is 6.07 Å². The van der Waals surface area contributed by atoms with E-state index in [4.69, 9.17) is 4.52 Å². The van der Waals surface area contributed by atoms with Crippen molar-refractivity contribution in [3.05, 3.63) is 95.4 Å². The average Bonchev–Trinajstić information content (AvgIpc) is 3.29. The number of aromatic nitrogens is 1. The first-order valence-corrected chi connectivity index (χ1v) is 9.72. The van der Waals surface area contributed by atoms with Crippen molar-refractivity contribution in [2.75, 3.05) is 5.32 Å². The molecule has 0 bridgehead atoms. The van der Waals surface area contributed by atoms with Gasteiger partial charge in [0.2, 0.25) is 0 Å². The summed E-state index contributed by atoms with van der Waals surface area (Å²) in [6.45, 7) is 0. The minimum atomic E-state index is -4.64. The second-order valence-corrected chi connectivity index (χ2v) is 7.12. The standard InChI is InChI=1S/C24H14F4N2O4/c25-18-8-4-2-6-15(18)21-12-20(30-34-21)22(31)29-19-10-9-13(11-16(19)23(32)33)14-5-1-3-7-17(14)24(26,27)28/h1-12H,(H,29,31)(H,32,33). The Bertz CT molecular complexity index is 1400. The van der Waals surface area contributed by atoms with Crippen LogP contribution in [0.25, 0.3) is 22.5 Å². The van der Waals surface area contributed by atoms with E-state index in [1.807, 2.05) is 0 Å². The second kappa shape index (κ2) is 8.81. The van der Waals surface area contributed by atoms with Crippen molar-refractivity contribution in [1.29, 1.82) is 0 Å². The van der Waals surface area contributed by atoms with Crippen molar-refractivity contribution < 1.29 is 36.8 Å². The molecule has 1 amide bonds. The van der Waals surface area contributed by atoms with Gasteiger partial charge in [-0.3, -0.25) is 4.79 Å². The summed E-state index contributed by atoms with van der Waals surface area (Å²) in [6.07, 6.45) is -4.64. The van der Waals surface area contributed by atoms with Crippen LogP contribution in [0.3, 0.4) is 0 Å². The van der Waals surface area contributed by atoms with E-state index >= 15 is 0 Å². The largest absolute Gasteiger partial charge is 0.478 e. The molecule has 0 spiro atoms. The summed E-state index contributed by atoms with van der Waals surface area (Å²) in [5, 5.41) is 15.5. The highest BCUT2D eigenvalue weighted by atomic mass is 19.4. The molecule has 6 nitrogen and oxygen atoms in total. The molecule has 1 heterocycles. The number of hydrogen-bond acceptors (Lipinski definition) is 4. The normalized spacial score (nSPS) is 11.3.